The molecule has 0 bridgehead atoms. The Hall–Kier alpha value is -1.62. The number of unbranched alkanes of at least 4 members (excludes halogenated alkanes) is 3. The Labute approximate surface area is 120 Å². The predicted molar refractivity (Wildman–Crippen MR) is 81.1 cm³/mol. The molecule has 2 aromatic rings. The monoisotopic (exact) mass is 276 g/mol. The van der Waals surface area contributed by atoms with Gasteiger partial charge < -0.3 is 10.4 Å². The minimum absolute atomic E-state index is 0.294. The average Bonchev–Trinajstić information content (AvgIpc) is 2.87. The van der Waals surface area contributed by atoms with Crippen molar-refractivity contribution in [3.63, 3.8) is 0 Å². The van der Waals surface area contributed by atoms with E-state index in [1.54, 1.807) is 6.20 Å². The summed E-state index contributed by atoms with van der Waals surface area (Å²) in [5, 5.41) is 16.7. The van der Waals surface area contributed by atoms with E-state index in [9.17, 15) is 0 Å². The molecule has 0 aromatic carbocycles. The molecule has 0 aliphatic carbocycles. The van der Waals surface area contributed by atoms with Crippen LogP contribution in [0.2, 0.25) is 0 Å². The lowest BCUT2D eigenvalue weighted by Gasteiger charge is -2.06. The lowest BCUT2D eigenvalue weighted by Crippen LogP contribution is -2.05. The number of anilines is 1. The first-order valence-corrected chi connectivity index (χ1v) is 7.41. The molecule has 110 valence electrons. The number of nitrogens with one attached hydrogen (secondary N) is 1. The summed E-state index contributed by atoms with van der Waals surface area (Å²) in [6, 6.07) is 2.10. The van der Waals surface area contributed by atoms with Crippen LogP contribution in [-0.2, 0) is 0 Å². The highest BCUT2D eigenvalue weighted by Gasteiger charge is 2.09. The second kappa shape index (κ2) is 7.24. The molecule has 0 spiro atoms. The standard InChI is InChI=1S/C15H24N4O/c1-12(2)13-11-14-15(17-8-9-19(14)18-13)16-7-5-3-4-6-10-20/h8-9,11-12,20H,3-7,10H2,1-2H3,(H,16,17). The molecule has 0 unspecified atom stereocenters. The van der Waals surface area contributed by atoms with Gasteiger partial charge in [0.15, 0.2) is 5.82 Å². The highest BCUT2D eigenvalue weighted by atomic mass is 16.2. The number of aliphatic hydroxyl groups is 1. The number of hydrogen-bond donors (Lipinski definition) is 2. The summed E-state index contributed by atoms with van der Waals surface area (Å²) in [6.45, 7) is 5.48. The zero-order valence-electron chi connectivity index (χ0n) is 12.3. The van der Waals surface area contributed by atoms with E-state index < -0.39 is 0 Å². The van der Waals surface area contributed by atoms with E-state index in [1.165, 1.54) is 0 Å². The van der Waals surface area contributed by atoms with Gasteiger partial charge in [-0.25, -0.2) is 9.50 Å². The van der Waals surface area contributed by atoms with Gasteiger partial charge in [-0.15, -0.1) is 0 Å². The fourth-order valence-electron chi connectivity index (χ4n) is 2.16. The third-order valence-corrected chi connectivity index (χ3v) is 3.38. The van der Waals surface area contributed by atoms with Crippen molar-refractivity contribution in [3.8, 4) is 0 Å². The molecule has 5 nitrogen and oxygen atoms in total. The van der Waals surface area contributed by atoms with Gasteiger partial charge in [-0.05, 0) is 24.8 Å². The number of aliphatic hydroxyl groups excluding tert-OH is 1. The Balaban J connectivity index is 1.95. The van der Waals surface area contributed by atoms with E-state index >= 15 is 0 Å². The Morgan fingerprint density at radius 3 is 2.80 bits per heavy atom. The maximum Gasteiger partial charge on any atom is 0.152 e. The number of hydrogen-bond acceptors (Lipinski definition) is 4. The highest BCUT2D eigenvalue weighted by Crippen LogP contribution is 2.19. The topological polar surface area (TPSA) is 62.5 Å². The molecular formula is C15H24N4O. The van der Waals surface area contributed by atoms with E-state index in [-0.39, 0.29) is 0 Å². The molecule has 2 rings (SSSR count). The van der Waals surface area contributed by atoms with Crippen LogP contribution in [0, 0.1) is 0 Å². The van der Waals surface area contributed by atoms with E-state index in [0.29, 0.717) is 12.5 Å². The summed E-state index contributed by atoms with van der Waals surface area (Å²) in [7, 11) is 0. The van der Waals surface area contributed by atoms with Gasteiger partial charge in [0.1, 0.15) is 5.52 Å². The van der Waals surface area contributed by atoms with E-state index in [0.717, 1.165) is 49.3 Å². The minimum Gasteiger partial charge on any atom is -0.396 e. The van der Waals surface area contributed by atoms with Crippen molar-refractivity contribution in [3.05, 3.63) is 24.2 Å². The second-order valence-corrected chi connectivity index (χ2v) is 5.39. The van der Waals surface area contributed by atoms with E-state index in [4.69, 9.17) is 5.11 Å². The highest BCUT2D eigenvalue weighted by molar-refractivity contribution is 5.67. The smallest absolute Gasteiger partial charge is 0.152 e. The van der Waals surface area contributed by atoms with Crippen LogP contribution < -0.4 is 5.32 Å². The van der Waals surface area contributed by atoms with Crippen molar-refractivity contribution in [1.29, 1.82) is 0 Å². The SMILES string of the molecule is CC(C)c1cc2c(NCCCCCCO)nccn2n1. The molecule has 2 aromatic heterocycles. The first-order chi connectivity index (χ1) is 9.72. The van der Waals surface area contributed by atoms with Crippen LogP contribution in [0.25, 0.3) is 5.52 Å². The quantitative estimate of drug-likeness (QED) is 0.728. The van der Waals surface area contributed by atoms with Crippen LogP contribution in [0.15, 0.2) is 18.5 Å². The lowest BCUT2D eigenvalue weighted by atomic mass is 10.1. The van der Waals surface area contributed by atoms with Gasteiger partial charge in [0.25, 0.3) is 0 Å². The van der Waals surface area contributed by atoms with Crippen molar-refractivity contribution < 1.29 is 5.11 Å². The predicted octanol–water partition coefficient (Wildman–Crippen LogP) is 2.82. The van der Waals surface area contributed by atoms with Crippen LogP contribution in [0.1, 0.15) is 51.1 Å². The number of rotatable bonds is 8. The maximum atomic E-state index is 8.73. The zero-order valence-corrected chi connectivity index (χ0v) is 12.3. The Kier molecular flexibility index (Phi) is 5.35. The summed E-state index contributed by atoms with van der Waals surface area (Å²) in [5.74, 6) is 1.32. The van der Waals surface area contributed by atoms with Crippen LogP contribution in [-0.4, -0.2) is 32.9 Å². The molecule has 0 atom stereocenters. The molecule has 2 N–H and O–H groups in total. The Bertz CT molecular complexity index is 536. The molecule has 0 radical (unpaired) electrons. The van der Waals surface area contributed by atoms with Crippen molar-refractivity contribution in [2.45, 2.75) is 45.4 Å². The fourth-order valence-corrected chi connectivity index (χ4v) is 2.16. The third-order valence-electron chi connectivity index (χ3n) is 3.38. The zero-order chi connectivity index (χ0) is 14.4. The number of fused-ring (bicyclic) bond motifs is 1. The molecule has 0 fully saturated rings. The summed E-state index contributed by atoms with van der Waals surface area (Å²) >= 11 is 0. The summed E-state index contributed by atoms with van der Waals surface area (Å²) < 4.78 is 1.89. The van der Waals surface area contributed by atoms with Crippen molar-refractivity contribution in [1.82, 2.24) is 14.6 Å². The molecule has 0 saturated heterocycles. The molecule has 0 amide bonds. The van der Waals surface area contributed by atoms with Gasteiger partial charge in [0.2, 0.25) is 0 Å². The Morgan fingerprint density at radius 1 is 1.25 bits per heavy atom. The van der Waals surface area contributed by atoms with Gasteiger partial charge in [0, 0.05) is 25.5 Å². The normalized spacial score (nSPS) is 11.4. The lowest BCUT2D eigenvalue weighted by molar-refractivity contribution is 0.283. The molecular weight excluding hydrogens is 252 g/mol. The molecule has 2 heterocycles. The van der Waals surface area contributed by atoms with Gasteiger partial charge >= 0.3 is 0 Å². The summed E-state index contributed by atoms with van der Waals surface area (Å²) in [4.78, 5) is 4.40. The first kappa shape index (κ1) is 14.8. The van der Waals surface area contributed by atoms with Gasteiger partial charge in [0.05, 0.1) is 5.69 Å². The largest absolute Gasteiger partial charge is 0.396 e. The Morgan fingerprint density at radius 2 is 2.05 bits per heavy atom. The van der Waals surface area contributed by atoms with Gasteiger partial charge in [-0.1, -0.05) is 26.7 Å². The van der Waals surface area contributed by atoms with Crippen LogP contribution in [0.4, 0.5) is 5.82 Å². The molecule has 0 aliphatic rings. The molecule has 0 aliphatic heterocycles. The second-order valence-electron chi connectivity index (χ2n) is 5.39. The fraction of sp³-hybridized carbons (Fsp3) is 0.600. The van der Waals surface area contributed by atoms with E-state index in [1.807, 2.05) is 10.7 Å². The van der Waals surface area contributed by atoms with Crippen LogP contribution >= 0.6 is 0 Å². The summed E-state index contributed by atoms with van der Waals surface area (Å²) in [5.41, 5.74) is 2.12. The number of aromatic nitrogens is 3. The van der Waals surface area contributed by atoms with Crippen molar-refractivity contribution >= 4 is 11.3 Å². The first-order valence-electron chi connectivity index (χ1n) is 7.41. The maximum absolute atomic E-state index is 8.73. The van der Waals surface area contributed by atoms with Crippen LogP contribution in [0.5, 0.6) is 0 Å². The average molecular weight is 276 g/mol. The summed E-state index contributed by atoms with van der Waals surface area (Å²) in [6.07, 6.45) is 7.86. The molecule has 5 heteroatoms. The number of nitrogens with zero attached hydrogens (tertiary/aromatic N) is 3. The molecule has 0 saturated carbocycles. The minimum atomic E-state index is 0.294. The van der Waals surface area contributed by atoms with Gasteiger partial charge in [-0.3, -0.25) is 0 Å². The van der Waals surface area contributed by atoms with Crippen molar-refractivity contribution in [2.75, 3.05) is 18.5 Å². The van der Waals surface area contributed by atoms with Crippen LogP contribution in [0.3, 0.4) is 0 Å². The third kappa shape index (κ3) is 3.70. The molecule has 20 heavy (non-hydrogen) atoms. The van der Waals surface area contributed by atoms with E-state index in [2.05, 4.69) is 35.3 Å². The van der Waals surface area contributed by atoms with Crippen molar-refractivity contribution in [2.24, 2.45) is 0 Å². The van der Waals surface area contributed by atoms with Gasteiger partial charge in [-0.2, -0.15) is 5.10 Å².